The van der Waals surface area contributed by atoms with Crippen LogP contribution in [-0.2, 0) is 14.3 Å². The number of anilines is 1. The summed E-state index contributed by atoms with van der Waals surface area (Å²) in [6, 6.07) is 4.86. The number of benzene rings is 1. The van der Waals surface area contributed by atoms with Crippen LogP contribution in [0.5, 0.6) is 5.75 Å². The second-order valence-corrected chi connectivity index (χ2v) is 5.98. The zero-order valence-electron chi connectivity index (χ0n) is 15.8. The Bertz CT molecular complexity index is 587. The lowest BCUT2D eigenvalue weighted by atomic mass is 9.96. The minimum atomic E-state index is -0.917. The van der Waals surface area contributed by atoms with Gasteiger partial charge in [-0.05, 0) is 38.5 Å². The normalized spacial score (nSPS) is 13.0. The van der Waals surface area contributed by atoms with Gasteiger partial charge in [-0.2, -0.15) is 0 Å². The van der Waals surface area contributed by atoms with E-state index in [1.165, 1.54) is 14.2 Å². The van der Waals surface area contributed by atoms with E-state index in [2.05, 4.69) is 12.2 Å². The Hall–Kier alpha value is -2.08. The minimum Gasteiger partial charge on any atom is -0.496 e. The quantitative estimate of drug-likeness (QED) is 0.513. The second-order valence-electron chi connectivity index (χ2n) is 5.98. The molecule has 0 saturated heterocycles. The Labute approximate surface area is 149 Å². The molecule has 0 aromatic heterocycles. The smallest absolute Gasteiger partial charge is 0.341 e. The molecule has 1 N–H and O–H groups in total. The Morgan fingerprint density at radius 3 is 2.44 bits per heavy atom. The minimum absolute atomic E-state index is 0.244. The maximum Gasteiger partial charge on any atom is 0.341 e. The number of nitrogens with one attached hydrogen (secondary N) is 1. The van der Waals surface area contributed by atoms with Crippen LogP contribution in [0.15, 0.2) is 18.2 Å². The molecule has 1 aromatic rings. The van der Waals surface area contributed by atoms with Crippen LogP contribution in [-0.4, -0.2) is 38.3 Å². The van der Waals surface area contributed by atoms with Gasteiger partial charge in [-0.1, -0.05) is 26.2 Å². The highest BCUT2D eigenvalue weighted by Crippen LogP contribution is 2.26. The lowest BCUT2D eigenvalue weighted by Crippen LogP contribution is -2.42. The maximum atomic E-state index is 12.6. The topological polar surface area (TPSA) is 73.9 Å². The third kappa shape index (κ3) is 5.74. The molecule has 140 valence electrons. The van der Waals surface area contributed by atoms with Crippen molar-refractivity contribution in [2.24, 2.45) is 0 Å². The average Bonchev–Trinajstić information content (AvgIpc) is 2.61. The lowest BCUT2D eigenvalue weighted by molar-refractivity contribution is -0.136. The van der Waals surface area contributed by atoms with Crippen LogP contribution in [0, 0.1) is 0 Å². The molecule has 1 rings (SSSR count). The van der Waals surface area contributed by atoms with Crippen LogP contribution in [0.4, 0.5) is 5.69 Å². The van der Waals surface area contributed by atoms with Crippen LogP contribution >= 0.6 is 0 Å². The lowest BCUT2D eigenvalue weighted by Gasteiger charge is -2.27. The zero-order valence-corrected chi connectivity index (χ0v) is 15.8. The average molecular weight is 351 g/mol. The first kappa shape index (κ1) is 21.0. The predicted octanol–water partition coefficient (Wildman–Crippen LogP) is 3.80. The van der Waals surface area contributed by atoms with Gasteiger partial charge < -0.3 is 19.5 Å². The third-order valence-electron chi connectivity index (χ3n) is 4.14. The fraction of sp³-hybridized carbons (Fsp3) is 0.579. The Balaban J connectivity index is 2.95. The van der Waals surface area contributed by atoms with E-state index < -0.39 is 11.6 Å². The van der Waals surface area contributed by atoms with Crippen molar-refractivity contribution in [3.63, 3.8) is 0 Å². The molecule has 1 atom stereocenters. The summed E-state index contributed by atoms with van der Waals surface area (Å²) in [6.45, 7) is 5.88. The van der Waals surface area contributed by atoms with Gasteiger partial charge in [0.25, 0.3) is 5.91 Å². The number of carbonyl (C=O) groups excluding carboxylic acids is 2. The summed E-state index contributed by atoms with van der Waals surface area (Å²) in [5, 5.41) is 2.82. The summed E-state index contributed by atoms with van der Waals surface area (Å²) in [5.74, 6) is -0.340. The van der Waals surface area contributed by atoms with E-state index in [4.69, 9.17) is 14.2 Å². The summed E-state index contributed by atoms with van der Waals surface area (Å²) >= 11 is 0. The van der Waals surface area contributed by atoms with Gasteiger partial charge in [0, 0.05) is 12.8 Å². The van der Waals surface area contributed by atoms with Crippen molar-refractivity contribution in [1.82, 2.24) is 0 Å². The molecular weight excluding hydrogens is 322 g/mol. The molecule has 0 aliphatic heterocycles. The van der Waals surface area contributed by atoms with Crippen molar-refractivity contribution in [3.8, 4) is 5.75 Å². The van der Waals surface area contributed by atoms with Crippen LogP contribution < -0.4 is 10.1 Å². The molecule has 0 bridgehead atoms. The summed E-state index contributed by atoms with van der Waals surface area (Å²) in [6.07, 6.45) is 3.65. The van der Waals surface area contributed by atoms with Gasteiger partial charge in [0.15, 0.2) is 0 Å². The second kappa shape index (κ2) is 10.0. The van der Waals surface area contributed by atoms with Gasteiger partial charge in [0.05, 0.1) is 13.7 Å². The molecule has 0 spiro atoms. The predicted molar refractivity (Wildman–Crippen MR) is 97.1 cm³/mol. The van der Waals surface area contributed by atoms with Crippen molar-refractivity contribution in [1.29, 1.82) is 0 Å². The molecular formula is C19H29NO5. The molecule has 0 aliphatic carbocycles. The molecule has 6 nitrogen and oxygen atoms in total. The first-order valence-electron chi connectivity index (χ1n) is 8.63. The first-order chi connectivity index (χ1) is 11.9. The molecule has 6 heteroatoms. The van der Waals surface area contributed by atoms with E-state index >= 15 is 0 Å². The highest BCUT2D eigenvalue weighted by Gasteiger charge is 2.32. The molecule has 0 fully saturated rings. The standard InChI is InChI=1S/C19H29NO5/c1-6-8-9-12-19(3,24-5)18(22)20-14-10-11-16(23-4)15(13-14)17(21)25-7-2/h10-11,13H,6-9,12H2,1-5H3,(H,20,22)/t19-/m0/s1. The van der Waals surface area contributed by atoms with Gasteiger partial charge >= 0.3 is 5.97 Å². The van der Waals surface area contributed by atoms with Crippen LogP contribution in [0.25, 0.3) is 0 Å². The SMILES string of the molecule is CCCCC[C@](C)(OC)C(=O)Nc1ccc(OC)c(C(=O)OCC)c1. The Morgan fingerprint density at radius 2 is 1.88 bits per heavy atom. The fourth-order valence-corrected chi connectivity index (χ4v) is 2.44. The molecule has 0 unspecified atom stereocenters. The molecule has 0 heterocycles. The van der Waals surface area contributed by atoms with E-state index in [1.807, 2.05) is 0 Å². The summed E-state index contributed by atoms with van der Waals surface area (Å²) in [5.41, 5.74) is -0.154. The van der Waals surface area contributed by atoms with E-state index in [1.54, 1.807) is 32.0 Å². The fourth-order valence-electron chi connectivity index (χ4n) is 2.44. The number of rotatable bonds is 10. The molecule has 0 saturated carbocycles. The molecule has 25 heavy (non-hydrogen) atoms. The number of ether oxygens (including phenoxy) is 3. The number of amides is 1. The molecule has 0 aliphatic rings. The van der Waals surface area contributed by atoms with Gasteiger partial charge in [0.2, 0.25) is 0 Å². The number of methoxy groups -OCH3 is 2. The van der Waals surface area contributed by atoms with Crippen LogP contribution in [0.2, 0.25) is 0 Å². The van der Waals surface area contributed by atoms with Gasteiger partial charge in [-0.3, -0.25) is 4.79 Å². The van der Waals surface area contributed by atoms with E-state index in [0.29, 0.717) is 17.9 Å². The van der Waals surface area contributed by atoms with Crippen LogP contribution in [0.1, 0.15) is 56.8 Å². The highest BCUT2D eigenvalue weighted by molar-refractivity contribution is 5.99. The third-order valence-corrected chi connectivity index (χ3v) is 4.14. The first-order valence-corrected chi connectivity index (χ1v) is 8.63. The monoisotopic (exact) mass is 351 g/mol. The molecule has 0 radical (unpaired) electrons. The van der Waals surface area contributed by atoms with Crippen molar-refractivity contribution >= 4 is 17.6 Å². The van der Waals surface area contributed by atoms with E-state index in [-0.39, 0.29) is 18.1 Å². The summed E-state index contributed by atoms with van der Waals surface area (Å²) in [7, 11) is 3.01. The Kier molecular flexibility index (Phi) is 8.41. The Morgan fingerprint density at radius 1 is 1.16 bits per heavy atom. The van der Waals surface area contributed by atoms with Gasteiger partial charge in [0.1, 0.15) is 16.9 Å². The van der Waals surface area contributed by atoms with E-state index in [0.717, 1.165) is 19.3 Å². The number of unbranched alkanes of at least 4 members (excludes halogenated alkanes) is 2. The summed E-state index contributed by atoms with van der Waals surface area (Å²) in [4.78, 5) is 24.7. The number of hydrogen-bond donors (Lipinski definition) is 1. The van der Waals surface area contributed by atoms with Gasteiger partial charge in [-0.25, -0.2) is 4.79 Å². The number of hydrogen-bond acceptors (Lipinski definition) is 5. The largest absolute Gasteiger partial charge is 0.496 e. The van der Waals surface area contributed by atoms with Crippen molar-refractivity contribution in [2.45, 2.75) is 52.1 Å². The van der Waals surface area contributed by atoms with Crippen LogP contribution in [0.3, 0.4) is 0 Å². The number of carbonyl (C=O) groups is 2. The van der Waals surface area contributed by atoms with Crippen molar-refractivity contribution in [3.05, 3.63) is 23.8 Å². The van der Waals surface area contributed by atoms with Crippen molar-refractivity contribution in [2.75, 3.05) is 26.1 Å². The molecule has 1 amide bonds. The van der Waals surface area contributed by atoms with Crippen molar-refractivity contribution < 1.29 is 23.8 Å². The highest BCUT2D eigenvalue weighted by atomic mass is 16.5. The zero-order chi connectivity index (χ0) is 18.9. The molecule has 1 aromatic carbocycles. The maximum absolute atomic E-state index is 12.6. The van der Waals surface area contributed by atoms with E-state index in [9.17, 15) is 9.59 Å². The van der Waals surface area contributed by atoms with Gasteiger partial charge in [-0.15, -0.1) is 0 Å². The summed E-state index contributed by atoms with van der Waals surface area (Å²) < 4.78 is 15.7. The number of esters is 1.